The predicted octanol–water partition coefficient (Wildman–Crippen LogP) is 3.37. The zero-order valence-electron chi connectivity index (χ0n) is 14.8. The largest absolute Gasteiger partial charge is 0.492 e. The van der Waals surface area contributed by atoms with Crippen LogP contribution in [0.1, 0.15) is 19.4 Å². The van der Waals surface area contributed by atoms with Gasteiger partial charge in [-0.05, 0) is 20.8 Å². The first kappa shape index (κ1) is 18.4. The molecule has 0 radical (unpaired) electrons. The third kappa shape index (κ3) is 3.93. The Bertz CT molecular complexity index is 789. The molecule has 7 nitrogen and oxygen atoms in total. The first-order valence-corrected chi connectivity index (χ1v) is 8.04. The van der Waals surface area contributed by atoms with Gasteiger partial charge in [0.15, 0.2) is 11.5 Å². The Morgan fingerprint density at radius 2 is 1.36 bits per heavy atom. The molecule has 2 rings (SSSR count). The lowest BCUT2D eigenvalue weighted by molar-refractivity contribution is 0.197. The summed E-state index contributed by atoms with van der Waals surface area (Å²) in [7, 11) is 1.47. The molecular weight excluding hydrogens is 324 g/mol. The number of benzene rings is 2. The molecular formula is C18H22N2O5. The van der Waals surface area contributed by atoms with Crippen molar-refractivity contribution in [2.24, 2.45) is 0 Å². The topological polar surface area (TPSA) is 85.9 Å². The highest BCUT2D eigenvalue weighted by atomic mass is 16.6. The lowest BCUT2D eigenvalue weighted by Gasteiger charge is -2.18. The van der Waals surface area contributed by atoms with Crippen molar-refractivity contribution in [3.05, 3.63) is 29.8 Å². The van der Waals surface area contributed by atoms with Gasteiger partial charge in [-0.3, -0.25) is 0 Å². The second-order valence-corrected chi connectivity index (χ2v) is 5.20. The van der Waals surface area contributed by atoms with Gasteiger partial charge in [-0.25, -0.2) is 9.59 Å². The Balaban J connectivity index is 2.62. The van der Waals surface area contributed by atoms with Gasteiger partial charge in [-0.1, -0.05) is 24.3 Å². The number of rotatable bonds is 5. The van der Waals surface area contributed by atoms with Crippen LogP contribution in [0.15, 0.2) is 24.3 Å². The number of ether oxygens (including phenoxy) is 3. The molecule has 0 saturated heterocycles. The molecule has 0 aliphatic heterocycles. The average Bonchev–Trinajstić information content (AvgIpc) is 2.59. The quantitative estimate of drug-likeness (QED) is 0.867. The normalized spacial score (nSPS) is 10.2. The summed E-state index contributed by atoms with van der Waals surface area (Å²) in [6.07, 6.45) is -1.14. The number of nitrogens with one attached hydrogen (secondary N) is 2. The van der Waals surface area contributed by atoms with E-state index in [1.54, 1.807) is 39.0 Å². The number of methoxy groups -OCH3 is 1. The minimum atomic E-state index is -0.581. The van der Waals surface area contributed by atoms with Gasteiger partial charge in [0.05, 0.1) is 7.11 Å². The number of amides is 2. The maximum atomic E-state index is 11.9. The van der Waals surface area contributed by atoms with Crippen LogP contribution in [0.5, 0.6) is 17.2 Å². The van der Waals surface area contributed by atoms with Crippen LogP contribution >= 0.6 is 0 Å². The third-order valence-electron chi connectivity index (χ3n) is 3.54. The molecule has 0 aromatic heterocycles. The summed E-state index contributed by atoms with van der Waals surface area (Å²) in [5.74, 6) is 0.982. The molecule has 25 heavy (non-hydrogen) atoms. The molecule has 0 fully saturated rings. The standard InChI is InChI=1S/C18H22N2O5/c1-5-19-17(21)24-14-11(3)15(23-4)16(25-18(22)20-6-2)13-10-8-7-9-12(13)14/h7-10H,5-6H2,1-4H3,(H,19,21)(H,20,22). The first-order valence-electron chi connectivity index (χ1n) is 8.04. The van der Waals surface area contributed by atoms with Gasteiger partial charge in [-0.15, -0.1) is 0 Å². The number of hydrogen-bond donors (Lipinski definition) is 2. The van der Waals surface area contributed by atoms with Crippen LogP contribution in [-0.4, -0.2) is 32.4 Å². The zero-order chi connectivity index (χ0) is 18.4. The fourth-order valence-electron chi connectivity index (χ4n) is 2.50. The molecule has 0 spiro atoms. The van der Waals surface area contributed by atoms with E-state index in [0.29, 0.717) is 40.9 Å². The van der Waals surface area contributed by atoms with E-state index in [2.05, 4.69) is 10.6 Å². The van der Waals surface area contributed by atoms with Gasteiger partial charge in [-0.2, -0.15) is 0 Å². The van der Waals surface area contributed by atoms with Gasteiger partial charge >= 0.3 is 12.2 Å². The highest BCUT2D eigenvalue weighted by Crippen LogP contribution is 2.45. The summed E-state index contributed by atoms with van der Waals surface area (Å²) < 4.78 is 16.3. The maximum Gasteiger partial charge on any atom is 0.412 e. The highest BCUT2D eigenvalue weighted by molar-refractivity contribution is 5.99. The fourth-order valence-corrected chi connectivity index (χ4v) is 2.50. The zero-order valence-corrected chi connectivity index (χ0v) is 14.8. The number of carbonyl (C=O) groups excluding carboxylic acids is 2. The van der Waals surface area contributed by atoms with Crippen LogP contribution in [0.25, 0.3) is 10.8 Å². The van der Waals surface area contributed by atoms with Crippen LogP contribution < -0.4 is 24.8 Å². The van der Waals surface area contributed by atoms with E-state index in [-0.39, 0.29) is 5.75 Å². The Morgan fingerprint density at radius 1 is 0.880 bits per heavy atom. The number of hydrogen-bond acceptors (Lipinski definition) is 5. The molecule has 0 aliphatic rings. The van der Waals surface area contributed by atoms with Crippen LogP contribution in [0.4, 0.5) is 9.59 Å². The van der Waals surface area contributed by atoms with Crippen molar-refractivity contribution in [3.63, 3.8) is 0 Å². The second kappa shape index (κ2) is 8.23. The van der Waals surface area contributed by atoms with E-state index in [1.165, 1.54) is 7.11 Å². The van der Waals surface area contributed by atoms with Crippen molar-refractivity contribution in [1.82, 2.24) is 10.6 Å². The first-order chi connectivity index (χ1) is 12.0. The van der Waals surface area contributed by atoms with Crippen LogP contribution in [-0.2, 0) is 0 Å². The molecule has 2 aromatic rings. The molecule has 2 aromatic carbocycles. The minimum absolute atomic E-state index is 0.282. The molecule has 0 atom stereocenters. The van der Waals surface area contributed by atoms with E-state index in [0.717, 1.165) is 0 Å². The van der Waals surface area contributed by atoms with Crippen molar-refractivity contribution in [3.8, 4) is 17.2 Å². The van der Waals surface area contributed by atoms with Crippen LogP contribution in [0.2, 0.25) is 0 Å². The highest BCUT2D eigenvalue weighted by Gasteiger charge is 2.23. The third-order valence-corrected chi connectivity index (χ3v) is 3.54. The monoisotopic (exact) mass is 346 g/mol. The van der Waals surface area contributed by atoms with Crippen LogP contribution in [0.3, 0.4) is 0 Å². The lowest BCUT2D eigenvalue weighted by atomic mass is 10.0. The van der Waals surface area contributed by atoms with Gasteiger partial charge < -0.3 is 24.8 Å². The molecule has 2 N–H and O–H groups in total. The van der Waals surface area contributed by atoms with E-state index in [4.69, 9.17) is 14.2 Å². The smallest absolute Gasteiger partial charge is 0.412 e. The molecule has 0 aliphatic carbocycles. The van der Waals surface area contributed by atoms with E-state index >= 15 is 0 Å². The molecule has 0 heterocycles. The van der Waals surface area contributed by atoms with Gasteiger partial charge in [0, 0.05) is 29.4 Å². The molecule has 0 bridgehead atoms. The van der Waals surface area contributed by atoms with Gasteiger partial charge in [0.25, 0.3) is 0 Å². The summed E-state index contributed by atoms with van der Waals surface area (Å²) in [4.78, 5) is 23.8. The average molecular weight is 346 g/mol. The molecule has 0 saturated carbocycles. The Morgan fingerprint density at radius 3 is 1.84 bits per heavy atom. The van der Waals surface area contributed by atoms with Crippen LogP contribution in [0, 0.1) is 6.92 Å². The van der Waals surface area contributed by atoms with Crippen molar-refractivity contribution in [2.75, 3.05) is 20.2 Å². The molecule has 7 heteroatoms. The summed E-state index contributed by atoms with van der Waals surface area (Å²) in [6, 6.07) is 7.18. The number of fused-ring (bicyclic) bond motifs is 1. The van der Waals surface area contributed by atoms with Gasteiger partial charge in [0.1, 0.15) is 5.75 Å². The van der Waals surface area contributed by atoms with E-state index < -0.39 is 12.2 Å². The van der Waals surface area contributed by atoms with E-state index in [9.17, 15) is 9.59 Å². The molecule has 0 unspecified atom stereocenters. The van der Waals surface area contributed by atoms with E-state index in [1.807, 2.05) is 6.07 Å². The predicted molar refractivity (Wildman–Crippen MR) is 94.6 cm³/mol. The van der Waals surface area contributed by atoms with Crippen molar-refractivity contribution >= 4 is 23.0 Å². The summed E-state index contributed by atoms with van der Waals surface area (Å²) in [6.45, 7) is 6.23. The SMILES string of the molecule is CCNC(=O)Oc1c(C)c(OC)c(OC(=O)NCC)c2ccccc12. The summed E-state index contributed by atoms with van der Waals surface area (Å²) >= 11 is 0. The number of carbonyl (C=O) groups is 2. The molecule has 134 valence electrons. The Kier molecular flexibility index (Phi) is 6.05. The fraction of sp³-hybridized carbons (Fsp3) is 0.333. The van der Waals surface area contributed by atoms with Crippen molar-refractivity contribution in [2.45, 2.75) is 20.8 Å². The minimum Gasteiger partial charge on any atom is -0.492 e. The second-order valence-electron chi connectivity index (χ2n) is 5.20. The van der Waals surface area contributed by atoms with Crippen molar-refractivity contribution in [1.29, 1.82) is 0 Å². The Hall–Kier alpha value is -2.96. The Labute approximate surface area is 146 Å². The summed E-state index contributed by atoms with van der Waals surface area (Å²) in [5, 5.41) is 6.42. The lowest BCUT2D eigenvalue weighted by Crippen LogP contribution is -2.27. The van der Waals surface area contributed by atoms with Crippen molar-refractivity contribution < 1.29 is 23.8 Å². The summed E-state index contributed by atoms with van der Waals surface area (Å²) in [5.41, 5.74) is 0.562. The maximum absolute atomic E-state index is 11.9. The molecule has 2 amide bonds. The van der Waals surface area contributed by atoms with Gasteiger partial charge in [0.2, 0.25) is 0 Å².